The van der Waals surface area contributed by atoms with E-state index in [0.717, 1.165) is 37.4 Å². The van der Waals surface area contributed by atoms with Crippen LogP contribution in [0, 0.1) is 6.92 Å². The number of piperazine rings is 1. The molecular weight excluding hydrogens is 515 g/mol. The highest BCUT2D eigenvalue weighted by Crippen LogP contribution is 2.30. The minimum Gasteiger partial charge on any atom is -0.368 e. The minimum atomic E-state index is -4.69. The Kier molecular flexibility index (Phi) is 7.04. The largest absolute Gasteiger partial charge is 0.436 e. The Balaban J connectivity index is 1.33. The number of carbonyl (C=O) groups is 1. The molecule has 0 unspecified atom stereocenters. The van der Waals surface area contributed by atoms with E-state index in [1.54, 1.807) is 19.3 Å². The second-order valence-corrected chi connectivity index (χ2v) is 9.45. The van der Waals surface area contributed by atoms with E-state index in [2.05, 4.69) is 58.9 Å². The Morgan fingerprint density at radius 3 is 2.54 bits per heavy atom. The number of nitrogens with one attached hydrogen (secondary N) is 1. The van der Waals surface area contributed by atoms with E-state index in [9.17, 15) is 18.0 Å². The van der Waals surface area contributed by atoms with E-state index in [0.29, 0.717) is 29.2 Å². The van der Waals surface area contributed by atoms with Crippen LogP contribution < -0.4 is 10.2 Å². The van der Waals surface area contributed by atoms with Gasteiger partial charge in [0.1, 0.15) is 5.69 Å². The highest BCUT2D eigenvalue weighted by molar-refractivity contribution is 6.03. The summed E-state index contributed by atoms with van der Waals surface area (Å²) in [6.07, 6.45) is 1.87. The molecule has 0 atom stereocenters. The van der Waals surface area contributed by atoms with Gasteiger partial charge in [-0.3, -0.25) is 25.0 Å². The van der Waals surface area contributed by atoms with E-state index in [1.165, 1.54) is 16.9 Å². The third-order valence-electron chi connectivity index (χ3n) is 6.53. The lowest BCUT2D eigenvalue weighted by Gasteiger charge is -2.38. The van der Waals surface area contributed by atoms with Crippen molar-refractivity contribution in [2.45, 2.75) is 33.0 Å². The van der Waals surface area contributed by atoms with Gasteiger partial charge in [-0.05, 0) is 32.9 Å². The molecule has 4 aromatic rings. The predicted molar refractivity (Wildman–Crippen MR) is 136 cm³/mol. The van der Waals surface area contributed by atoms with Gasteiger partial charge in [0.25, 0.3) is 5.91 Å². The van der Waals surface area contributed by atoms with Crippen molar-refractivity contribution in [2.75, 3.05) is 36.4 Å². The first-order valence-corrected chi connectivity index (χ1v) is 12.3. The van der Waals surface area contributed by atoms with Gasteiger partial charge in [0.15, 0.2) is 5.69 Å². The number of alkyl halides is 3. The number of pyridine rings is 2. The number of halogens is 3. The van der Waals surface area contributed by atoms with Crippen LogP contribution in [0.25, 0.3) is 16.9 Å². The molecule has 39 heavy (non-hydrogen) atoms. The molecule has 1 fully saturated rings. The Hall–Kier alpha value is -4.33. The van der Waals surface area contributed by atoms with Crippen molar-refractivity contribution in [3.8, 4) is 16.9 Å². The number of aryl methyl sites for hydroxylation is 1. The Morgan fingerprint density at radius 1 is 1.08 bits per heavy atom. The zero-order chi connectivity index (χ0) is 27.7. The van der Waals surface area contributed by atoms with Gasteiger partial charge in [0, 0.05) is 56.2 Å². The Labute approximate surface area is 221 Å². The zero-order valence-corrected chi connectivity index (χ0v) is 21.5. The number of aromatic nitrogens is 6. The maximum absolute atomic E-state index is 12.8. The van der Waals surface area contributed by atoms with Crippen molar-refractivity contribution in [3.63, 3.8) is 0 Å². The molecule has 0 saturated carbocycles. The fraction of sp³-hybridized carbons (Fsp3) is 0.360. The molecule has 1 N–H and O–H groups in total. The van der Waals surface area contributed by atoms with Crippen LogP contribution in [0.2, 0.25) is 0 Å². The molecule has 5 heterocycles. The highest BCUT2D eigenvalue weighted by Gasteiger charge is 2.35. The van der Waals surface area contributed by atoms with Gasteiger partial charge >= 0.3 is 6.18 Å². The molecule has 1 aliphatic heterocycles. The number of rotatable bonds is 6. The summed E-state index contributed by atoms with van der Waals surface area (Å²) in [6.45, 7) is 9.91. The monoisotopic (exact) mass is 541 g/mol. The summed E-state index contributed by atoms with van der Waals surface area (Å²) in [7, 11) is 0. The number of hydrogen-bond acceptors (Lipinski definition) is 9. The minimum absolute atomic E-state index is 0.0850. The van der Waals surface area contributed by atoms with Crippen molar-refractivity contribution in [1.29, 1.82) is 0 Å². The fourth-order valence-electron chi connectivity index (χ4n) is 4.28. The number of nitrogens with zero attached hydrogens (tertiary/aromatic N) is 8. The molecule has 1 aliphatic rings. The van der Waals surface area contributed by atoms with E-state index >= 15 is 0 Å². The summed E-state index contributed by atoms with van der Waals surface area (Å²) in [5.74, 6) is -1.15. The average Bonchev–Trinajstić information content (AvgIpc) is 3.59. The molecule has 0 radical (unpaired) electrons. The first kappa shape index (κ1) is 26.3. The lowest BCUT2D eigenvalue weighted by atomic mass is 10.2. The topological polar surface area (TPSA) is 118 Å². The van der Waals surface area contributed by atoms with Gasteiger partial charge < -0.3 is 9.42 Å². The number of amides is 1. The van der Waals surface area contributed by atoms with Crippen LogP contribution in [0.5, 0.6) is 0 Å². The van der Waals surface area contributed by atoms with Crippen LogP contribution >= 0.6 is 0 Å². The third-order valence-corrected chi connectivity index (χ3v) is 6.53. The molecule has 14 heteroatoms. The molecule has 0 bridgehead atoms. The summed E-state index contributed by atoms with van der Waals surface area (Å²) < 4.78 is 44.3. The first-order valence-electron chi connectivity index (χ1n) is 12.3. The van der Waals surface area contributed by atoms with Crippen LogP contribution in [0.1, 0.15) is 35.6 Å². The average molecular weight is 542 g/mol. The van der Waals surface area contributed by atoms with Crippen LogP contribution in [-0.2, 0) is 6.18 Å². The molecule has 11 nitrogen and oxygen atoms in total. The van der Waals surface area contributed by atoms with Gasteiger partial charge in [0.05, 0.1) is 35.0 Å². The normalized spacial score (nSPS) is 14.7. The molecule has 204 valence electrons. The van der Waals surface area contributed by atoms with Crippen molar-refractivity contribution in [1.82, 2.24) is 35.0 Å². The summed E-state index contributed by atoms with van der Waals surface area (Å²) >= 11 is 0. The molecule has 5 rings (SSSR count). The van der Waals surface area contributed by atoms with Crippen LogP contribution in [-0.4, -0.2) is 73.1 Å². The van der Waals surface area contributed by atoms with Crippen LogP contribution in [0.4, 0.5) is 24.7 Å². The van der Waals surface area contributed by atoms with Gasteiger partial charge in [-0.2, -0.15) is 13.2 Å². The van der Waals surface area contributed by atoms with E-state index < -0.39 is 23.7 Å². The number of hydrogen-bond donors (Lipinski definition) is 1. The SMILES string of the molecule is Cc1ncc(C(=O)Nc2cc(C(F)(F)F)no2)cc1-n1cc(-c2cncc(N3CCN(C(C)C)CC3)c2)nn1. The fourth-order valence-corrected chi connectivity index (χ4v) is 4.28. The maximum atomic E-state index is 12.8. The van der Waals surface area contributed by atoms with E-state index in [1.807, 2.05) is 12.3 Å². The lowest BCUT2D eigenvalue weighted by molar-refractivity contribution is -0.142. The quantitative estimate of drug-likeness (QED) is 0.389. The van der Waals surface area contributed by atoms with Gasteiger partial charge in [-0.15, -0.1) is 5.10 Å². The summed E-state index contributed by atoms with van der Waals surface area (Å²) in [6, 6.07) is 4.66. The molecule has 1 amide bonds. The van der Waals surface area contributed by atoms with Gasteiger partial charge in [-0.25, -0.2) is 4.68 Å². The number of anilines is 2. The van der Waals surface area contributed by atoms with Crippen molar-refractivity contribution < 1.29 is 22.5 Å². The first-order chi connectivity index (χ1) is 18.6. The highest BCUT2D eigenvalue weighted by atomic mass is 19.4. The smallest absolute Gasteiger partial charge is 0.368 e. The molecule has 0 aliphatic carbocycles. The second kappa shape index (κ2) is 10.4. The molecular formula is C25H26F3N9O2. The van der Waals surface area contributed by atoms with E-state index in [-0.39, 0.29) is 5.56 Å². The van der Waals surface area contributed by atoms with E-state index in [4.69, 9.17) is 0 Å². The van der Waals surface area contributed by atoms with Crippen molar-refractivity contribution in [3.05, 3.63) is 59.9 Å². The standard InChI is InChI=1S/C25H26F3N9O2/c1-15(2)35-4-6-36(7-5-35)19-8-17(11-29-13-19)20-14-37(34-32-20)21-9-18(12-30-16(21)3)24(38)31-23-10-22(33-39-23)25(26,27)28/h8-15H,4-7H2,1-3H3,(H,31,38). The summed E-state index contributed by atoms with van der Waals surface area (Å²) in [5.41, 5.74) is 2.26. The molecule has 0 spiro atoms. The second-order valence-electron chi connectivity index (χ2n) is 9.45. The van der Waals surface area contributed by atoms with Gasteiger partial charge in [0.2, 0.25) is 5.88 Å². The Bertz CT molecular complexity index is 1470. The lowest BCUT2D eigenvalue weighted by Crippen LogP contribution is -2.48. The van der Waals surface area contributed by atoms with Crippen molar-refractivity contribution in [2.24, 2.45) is 0 Å². The predicted octanol–water partition coefficient (Wildman–Crippen LogP) is 3.82. The number of carbonyl (C=O) groups excluding carboxylic acids is 1. The molecule has 1 saturated heterocycles. The molecule has 4 aromatic heterocycles. The Morgan fingerprint density at radius 2 is 1.85 bits per heavy atom. The van der Waals surface area contributed by atoms with Crippen molar-refractivity contribution >= 4 is 17.5 Å². The molecule has 0 aromatic carbocycles. The zero-order valence-electron chi connectivity index (χ0n) is 21.5. The maximum Gasteiger partial charge on any atom is 0.436 e. The van der Waals surface area contributed by atoms with Crippen LogP contribution in [0.15, 0.2) is 47.5 Å². The van der Waals surface area contributed by atoms with Crippen LogP contribution in [0.3, 0.4) is 0 Å². The van der Waals surface area contributed by atoms with Gasteiger partial charge in [-0.1, -0.05) is 10.4 Å². The summed E-state index contributed by atoms with van der Waals surface area (Å²) in [4.78, 5) is 26.0. The third kappa shape index (κ3) is 5.74. The summed E-state index contributed by atoms with van der Waals surface area (Å²) in [5, 5.41) is 13.7.